The fraction of sp³-hybridized carbons (Fsp3) is 1.00. The number of rotatable bonds is 3. The van der Waals surface area contributed by atoms with Crippen LogP contribution in [0.25, 0.3) is 0 Å². The van der Waals surface area contributed by atoms with Gasteiger partial charge in [0, 0.05) is 0 Å². The molecule has 0 amide bonds. The van der Waals surface area contributed by atoms with Crippen LogP contribution in [-0.2, 0) is 4.74 Å². The second-order valence-corrected chi connectivity index (χ2v) is 4.04. The van der Waals surface area contributed by atoms with Crippen molar-refractivity contribution >= 4 is 0 Å². The summed E-state index contributed by atoms with van der Waals surface area (Å²) in [6.45, 7) is 8.78. The summed E-state index contributed by atoms with van der Waals surface area (Å²) in [5, 5.41) is 3.35. The number of ether oxygens (including phenoxy) is 1. The number of nitrogens with one attached hydrogen (secondary N) is 1. The Morgan fingerprint density at radius 2 is 2.00 bits per heavy atom. The van der Waals surface area contributed by atoms with Gasteiger partial charge in [-0.05, 0) is 46.2 Å². The third-order valence-corrected chi connectivity index (χ3v) is 2.72. The van der Waals surface area contributed by atoms with E-state index in [2.05, 4.69) is 26.1 Å². The second-order valence-electron chi connectivity index (χ2n) is 4.04. The van der Waals surface area contributed by atoms with E-state index in [9.17, 15) is 0 Å². The highest BCUT2D eigenvalue weighted by atomic mass is 16.5. The number of piperidine rings is 1. The molecule has 0 aliphatic carbocycles. The average molecular weight is 171 g/mol. The Bertz CT molecular complexity index is 130. The van der Waals surface area contributed by atoms with Gasteiger partial charge >= 0.3 is 0 Å². The predicted molar refractivity (Wildman–Crippen MR) is 51.3 cm³/mol. The Morgan fingerprint density at radius 1 is 1.42 bits per heavy atom. The zero-order valence-electron chi connectivity index (χ0n) is 8.52. The molecular formula is C10H21NO. The van der Waals surface area contributed by atoms with Gasteiger partial charge in [0.1, 0.15) is 0 Å². The smallest absolute Gasteiger partial charge is 0.0682 e. The summed E-state index contributed by atoms with van der Waals surface area (Å²) < 4.78 is 5.99. The van der Waals surface area contributed by atoms with E-state index < -0.39 is 0 Å². The van der Waals surface area contributed by atoms with E-state index in [0.717, 1.165) is 32.4 Å². The van der Waals surface area contributed by atoms with Crippen molar-refractivity contribution in [3.8, 4) is 0 Å². The Morgan fingerprint density at radius 3 is 2.50 bits per heavy atom. The van der Waals surface area contributed by atoms with Crippen molar-refractivity contribution in [3.05, 3.63) is 0 Å². The molecule has 0 saturated carbocycles. The molecule has 0 aromatic carbocycles. The van der Waals surface area contributed by atoms with Crippen molar-refractivity contribution in [2.75, 3.05) is 13.1 Å². The standard InChI is InChI=1S/C10H21NO/c1-4-9(2)12-10(3)5-7-11-8-6-10/h9,11H,4-8H2,1-3H3. The van der Waals surface area contributed by atoms with Crippen LogP contribution >= 0.6 is 0 Å². The fourth-order valence-corrected chi connectivity index (χ4v) is 1.64. The van der Waals surface area contributed by atoms with Gasteiger partial charge in [-0.2, -0.15) is 0 Å². The van der Waals surface area contributed by atoms with Gasteiger partial charge in [0.05, 0.1) is 11.7 Å². The van der Waals surface area contributed by atoms with Crippen LogP contribution in [-0.4, -0.2) is 24.8 Å². The van der Waals surface area contributed by atoms with Crippen molar-refractivity contribution in [2.45, 2.75) is 51.7 Å². The lowest BCUT2D eigenvalue weighted by Gasteiger charge is -2.36. The maximum atomic E-state index is 5.99. The van der Waals surface area contributed by atoms with Crippen LogP contribution in [0.3, 0.4) is 0 Å². The molecule has 2 nitrogen and oxygen atoms in total. The third kappa shape index (κ3) is 2.76. The summed E-state index contributed by atoms with van der Waals surface area (Å²) in [7, 11) is 0. The van der Waals surface area contributed by atoms with Crippen LogP contribution < -0.4 is 5.32 Å². The summed E-state index contributed by atoms with van der Waals surface area (Å²) in [4.78, 5) is 0. The van der Waals surface area contributed by atoms with Gasteiger partial charge in [-0.1, -0.05) is 6.92 Å². The van der Waals surface area contributed by atoms with Gasteiger partial charge in [-0.25, -0.2) is 0 Å². The molecule has 1 N–H and O–H groups in total. The quantitative estimate of drug-likeness (QED) is 0.700. The number of hydrogen-bond acceptors (Lipinski definition) is 2. The average Bonchev–Trinajstić information content (AvgIpc) is 2.05. The van der Waals surface area contributed by atoms with Crippen LogP contribution in [0.5, 0.6) is 0 Å². The lowest BCUT2D eigenvalue weighted by molar-refractivity contribution is -0.0921. The maximum Gasteiger partial charge on any atom is 0.0682 e. The molecule has 2 heteroatoms. The number of hydrogen-bond donors (Lipinski definition) is 1. The molecule has 0 aromatic rings. The highest BCUT2D eigenvalue weighted by Gasteiger charge is 2.28. The van der Waals surface area contributed by atoms with Gasteiger partial charge in [0.15, 0.2) is 0 Å². The van der Waals surface area contributed by atoms with E-state index >= 15 is 0 Å². The first kappa shape index (κ1) is 10.0. The van der Waals surface area contributed by atoms with Crippen molar-refractivity contribution in [1.82, 2.24) is 5.32 Å². The molecule has 1 heterocycles. The van der Waals surface area contributed by atoms with Crippen molar-refractivity contribution in [2.24, 2.45) is 0 Å². The van der Waals surface area contributed by atoms with E-state index in [0.29, 0.717) is 6.10 Å². The SMILES string of the molecule is CCC(C)OC1(C)CCNCC1. The minimum absolute atomic E-state index is 0.140. The lowest BCUT2D eigenvalue weighted by atomic mass is 9.94. The van der Waals surface area contributed by atoms with Crippen molar-refractivity contribution < 1.29 is 4.74 Å². The Kier molecular flexibility index (Phi) is 3.53. The van der Waals surface area contributed by atoms with Crippen LogP contribution in [0.1, 0.15) is 40.0 Å². The van der Waals surface area contributed by atoms with E-state index in [-0.39, 0.29) is 5.60 Å². The molecule has 0 radical (unpaired) electrons. The molecule has 1 rings (SSSR count). The fourth-order valence-electron chi connectivity index (χ4n) is 1.64. The van der Waals surface area contributed by atoms with Gasteiger partial charge in [0.25, 0.3) is 0 Å². The molecule has 0 spiro atoms. The molecule has 12 heavy (non-hydrogen) atoms. The molecule has 1 atom stereocenters. The minimum Gasteiger partial charge on any atom is -0.372 e. The first-order valence-corrected chi connectivity index (χ1v) is 5.05. The van der Waals surface area contributed by atoms with E-state index in [1.807, 2.05) is 0 Å². The molecule has 0 bridgehead atoms. The minimum atomic E-state index is 0.140. The summed E-state index contributed by atoms with van der Waals surface area (Å²) in [5.74, 6) is 0. The largest absolute Gasteiger partial charge is 0.372 e. The van der Waals surface area contributed by atoms with Crippen LogP contribution in [0.4, 0.5) is 0 Å². The van der Waals surface area contributed by atoms with E-state index in [1.54, 1.807) is 0 Å². The lowest BCUT2D eigenvalue weighted by Crippen LogP contribution is -2.43. The highest BCUT2D eigenvalue weighted by Crippen LogP contribution is 2.24. The Labute approximate surface area is 75.7 Å². The third-order valence-electron chi connectivity index (χ3n) is 2.72. The second kappa shape index (κ2) is 4.24. The van der Waals surface area contributed by atoms with Crippen LogP contribution in [0.2, 0.25) is 0 Å². The van der Waals surface area contributed by atoms with E-state index in [1.165, 1.54) is 0 Å². The zero-order valence-corrected chi connectivity index (χ0v) is 8.52. The maximum absolute atomic E-state index is 5.99. The molecule has 1 unspecified atom stereocenters. The molecule has 0 aromatic heterocycles. The van der Waals surface area contributed by atoms with Crippen molar-refractivity contribution in [1.29, 1.82) is 0 Å². The molecule has 1 aliphatic heterocycles. The Hall–Kier alpha value is -0.0800. The first-order valence-electron chi connectivity index (χ1n) is 5.05. The van der Waals surface area contributed by atoms with Gasteiger partial charge < -0.3 is 10.1 Å². The molecular weight excluding hydrogens is 150 g/mol. The molecule has 1 aliphatic rings. The van der Waals surface area contributed by atoms with E-state index in [4.69, 9.17) is 4.74 Å². The topological polar surface area (TPSA) is 21.3 Å². The van der Waals surface area contributed by atoms with Gasteiger partial charge in [-0.15, -0.1) is 0 Å². The normalized spacial score (nSPS) is 25.2. The zero-order chi connectivity index (χ0) is 9.03. The van der Waals surface area contributed by atoms with Crippen molar-refractivity contribution in [3.63, 3.8) is 0 Å². The Balaban J connectivity index is 2.35. The predicted octanol–water partition coefficient (Wildman–Crippen LogP) is 1.94. The molecule has 1 fully saturated rings. The van der Waals surface area contributed by atoms with Gasteiger partial charge in [0.2, 0.25) is 0 Å². The molecule has 1 saturated heterocycles. The summed E-state index contributed by atoms with van der Waals surface area (Å²) in [6.07, 6.45) is 3.82. The van der Waals surface area contributed by atoms with Crippen LogP contribution in [0.15, 0.2) is 0 Å². The highest BCUT2D eigenvalue weighted by molar-refractivity contribution is 4.82. The first-order chi connectivity index (χ1) is 5.66. The van der Waals surface area contributed by atoms with Gasteiger partial charge in [-0.3, -0.25) is 0 Å². The summed E-state index contributed by atoms with van der Waals surface area (Å²) in [5.41, 5.74) is 0.140. The molecule has 72 valence electrons. The monoisotopic (exact) mass is 171 g/mol. The van der Waals surface area contributed by atoms with Crippen LogP contribution in [0, 0.1) is 0 Å². The summed E-state index contributed by atoms with van der Waals surface area (Å²) in [6, 6.07) is 0. The summed E-state index contributed by atoms with van der Waals surface area (Å²) >= 11 is 0.